The number of H-pyrrole nitrogens is 1. The number of fused-ring (bicyclic) bond motifs is 1. The molecule has 4 aromatic rings. The average Bonchev–Trinajstić information content (AvgIpc) is 3.26. The summed E-state index contributed by atoms with van der Waals surface area (Å²) in [5.74, 6) is 0.649. The summed E-state index contributed by atoms with van der Waals surface area (Å²) in [6, 6.07) is 24.9. The zero-order chi connectivity index (χ0) is 20.8. The molecule has 0 aliphatic heterocycles. The Hall–Kier alpha value is -3.53. The zero-order valence-corrected chi connectivity index (χ0v) is 17.1. The van der Waals surface area contributed by atoms with Crippen molar-refractivity contribution in [3.8, 4) is 16.9 Å². The second kappa shape index (κ2) is 9.31. The van der Waals surface area contributed by atoms with Crippen LogP contribution in [0.2, 0.25) is 0 Å². The number of benzene rings is 3. The van der Waals surface area contributed by atoms with Crippen LogP contribution in [-0.4, -0.2) is 24.7 Å². The van der Waals surface area contributed by atoms with E-state index in [4.69, 9.17) is 9.47 Å². The summed E-state index contributed by atoms with van der Waals surface area (Å²) in [5.41, 5.74) is 5.57. The van der Waals surface area contributed by atoms with E-state index in [1.54, 1.807) is 0 Å². The van der Waals surface area contributed by atoms with Crippen LogP contribution < -0.4 is 4.74 Å². The Labute approximate surface area is 176 Å². The molecule has 0 amide bonds. The molecule has 4 nitrogen and oxygen atoms in total. The standard InChI is InChI=1S/C26H25NO3/c1-29-26(28)12-8-20-7-11-25(30-16-14-19-5-3-2-4-6-19)23(17-20)21-9-10-24-22(18-21)13-15-27-24/h2-7,9-11,13,15,17-18,27H,8,12,14,16H2,1H3. The van der Waals surface area contributed by atoms with Crippen LogP contribution in [-0.2, 0) is 22.4 Å². The predicted molar refractivity (Wildman–Crippen MR) is 120 cm³/mol. The third-order valence-corrected chi connectivity index (χ3v) is 5.24. The molecule has 1 heterocycles. The van der Waals surface area contributed by atoms with Crippen LogP contribution in [0.15, 0.2) is 79.0 Å². The van der Waals surface area contributed by atoms with Gasteiger partial charge in [-0.05, 0) is 58.8 Å². The maximum Gasteiger partial charge on any atom is 0.305 e. The summed E-state index contributed by atoms with van der Waals surface area (Å²) in [4.78, 5) is 14.8. The number of rotatable bonds is 8. The SMILES string of the molecule is COC(=O)CCc1ccc(OCCc2ccccc2)c(-c2ccc3[nH]ccc3c2)c1. The minimum atomic E-state index is -0.200. The fourth-order valence-corrected chi connectivity index (χ4v) is 3.58. The van der Waals surface area contributed by atoms with Gasteiger partial charge in [0.25, 0.3) is 0 Å². The number of ether oxygens (including phenoxy) is 2. The first-order valence-electron chi connectivity index (χ1n) is 10.2. The monoisotopic (exact) mass is 399 g/mol. The Bertz CT molecular complexity index is 1130. The fourth-order valence-electron chi connectivity index (χ4n) is 3.58. The van der Waals surface area contributed by atoms with Crippen LogP contribution in [0.3, 0.4) is 0 Å². The van der Waals surface area contributed by atoms with Crippen LogP contribution >= 0.6 is 0 Å². The molecule has 0 saturated carbocycles. The van der Waals surface area contributed by atoms with E-state index in [0.717, 1.165) is 39.8 Å². The maximum atomic E-state index is 11.5. The van der Waals surface area contributed by atoms with Crippen molar-refractivity contribution in [2.75, 3.05) is 13.7 Å². The molecule has 0 aliphatic carbocycles. The Kier molecular flexibility index (Phi) is 6.14. The minimum Gasteiger partial charge on any atom is -0.493 e. The summed E-state index contributed by atoms with van der Waals surface area (Å²) in [6.07, 6.45) is 3.79. The van der Waals surface area contributed by atoms with Crippen LogP contribution in [0.5, 0.6) is 5.75 Å². The van der Waals surface area contributed by atoms with Gasteiger partial charge in [0.15, 0.2) is 0 Å². The Morgan fingerprint density at radius 3 is 2.60 bits per heavy atom. The lowest BCUT2D eigenvalue weighted by atomic mass is 9.98. The Morgan fingerprint density at radius 1 is 0.900 bits per heavy atom. The van der Waals surface area contributed by atoms with E-state index < -0.39 is 0 Å². The van der Waals surface area contributed by atoms with Crippen molar-refractivity contribution in [1.82, 2.24) is 4.98 Å². The lowest BCUT2D eigenvalue weighted by Gasteiger charge is -2.14. The van der Waals surface area contributed by atoms with Gasteiger partial charge < -0.3 is 14.5 Å². The molecule has 4 heteroatoms. The van der Waals surface area contributed by atoms with Gasteiger partial charge in [0.2, 0.25) is 0 Å². The molecule has 0 fully saturated rings. The highest BCUT2D eigenvalue weighted by molar-refractivity contribution is 5.86. The number of methoxy groups -OCH3 is 1. The summed E-state index contributed by atoms with van der Waals surface area (Å²) in [7, 11) is 1.42. The molecule has 1 aromatic heterocycles. The number of aromatic amines is 1. The highest BCUT2D eigenvalue weighted by atomic mass is 16.5. The molecule has 4 rings (SSSR count). The average molecular weight is 399 g/mol. The number of nitrogens with one attached hydrogen (secondary N) is 1. The van der Waals surface area contributed by atoms with Crippen molar-refractivity contribution in [1.29, 1.82) is 0 Å². The van der Waals surface area contributed by atoms with E-state index in [9.17, 15) is 4.79 Å². The van der Waals surface area contributed by atoms with Gasteiger partial charge in [0, 0.05) is 30.1 Å². The lowest BCUT2D eigenvalue weighted by Crippen LogP contribution is -2.04. The van der Waals surface area contributed by atoms with Crippen molar-refractivity contribution >= 4 is 16.9 Å². The molecular weight excluding hydrogens is 374 g/mol. The second-order valence-corrected chi connectivity index (χ2v) is 7.27. The normalized spacial score (nSPS) is 10.8. The van der Waals surface area contributed by atoms with Gasteiger partial charge in [-0.1, -0.05) is 42.5 Å². The number of hydrogen-bond acceptors (Lipinski definition) is 3. The van der Waals surface area contributed by atoms with Crippen LogP contribution in [0, 0.1) is 0 Å². The van der Waals surface area contributed by atoms with Crippen molar-refractivity contribution in [2.24, 2.45) is 0 Å². The zero-order valence-electron chi connectivity index (χ0n) is 17.1. The Morgan fingerprint density at radius 2 is 1.77 bits per heavy atom. The maximum absolute atomic E-state index is 11.5. The van der Waals surface area contributed by atoms with Gasteiger partial charge >= 0.3 is 5.97 Å². The largest absolute Gasteiger partial charge is 0.493 e. The number of carbonyl (C=O) groups is 1. The van der Waals surface area contributed by atoms with Crippen LogP contribution in [0.1, 0.15) is 17.5 Å². The molecule has 0 unspecified atom stereocenters. The molecule has 0 atom stereocenters. The van der Waals surface area contributed by atoms with Crippen LogP contribution in [0.25, 0.3) is 22.0 Å². The smallest absolute Gasteiger partial charge is 0.305 e. The Balaban J connectivity index is 1.59. The minimum absolute atomic E-state index is 0.200. The van der Waals surface area contributed by atoms with Gasteiger partial charge in [-0.2, -0.15) is 0 Å². The van der Waals surface area contributed by atoms with Gasteiger partial charge in [-0.25, -0.2) is 0 Å². The van der Waals surface area contributed by atoms with Gasteiger partial charge in [-0.15, -0.1) is 0 Å². The quantitative estimate of drug-likeness (QED) is 0.395. The molecule has 0 saturated heterocycles. The highest BCUT2D eigenvalue weighted by Gasteiger charge is 2.11. The lowest BCUT2D eigenvalue weighted by molar-refractivity contribution is -0.140. The molecule has 0 spiro atoms. The summed E-state index contributed by atoms with van der Waals surface area (Å²) >= 11 is 0. The molecular formula is C26H25NO3. The van der Waals surface area contributed by atoms with Crippen molar-refractivity contribution in [2.45, 2.75) is 19.3 Å². The van der Waals surface area contributed by atoms with Crippen LogP contribution in [0.4, 0.5) is 0 Å². The molecule has 3 aromatic carbocycles. The van der Waals surface area contributed by atoms with E-state index in [1.807, 2.05) is 36.5 Å². The number of aromatic nitrogens is 1. The molecule has 0 aliphatic rings. The van der Waals surface area contributed by atoms with E-state index in [1.165, 1.54) is 12.7 Å². The van der Waals surface area contributed by atoms with Gasteiger partial charge in [-0.3, -0.25) is 4.79 Å². The fraction of sp³-hybridized carbons (Fsp3) is 0.192. The van der Waals surface area contributed by atoms with E-state index in [2.05, 4.69) is 47.4 Å². The van der Waals surface area contributed by atoms with Gasteiger partial charge in [0.05, 0.1) is 13.7 Å². The number of hydrogen-bond donors (Lipinski definition) is 1. The topological polar surface area (TPSA) is 51.3 Å². The van der Waals surface area contributed by atoms with Crippen molar-refractivity contribution in [3.05, 3.63) is 90.1 Å². The molecule has 30 heavy (non-hydrogen) atoms. The van der Waals surface area contributed by atoms with Crippen molar-refractivity contribution in [3.63, 3.8) is 0 Å². The van der Waals surface area contributed by atoms with E-state index >= 15 is 0 Å². The van der Waals surface area contributed by atoms with Crippen molar-refractivity contribution < 1.29 is 14.3 Å². The third-order valence-electron chi connectivity index (χ3n) is 5.24. The molecule has 0 bridgehead atoms. The first-order chi connectivity index (χ1) is 14.7. The summed E-state index contributed by atoms with van der Waals surface area (Å²) in [5, 5.41) is 1.16. The van der Waals surface area contributed by atoms with E-state index in [-0.39, 0.29) is 5.97 Å². The van der Waals surface area contributed by atoms with E-state index in [0.29, 0.717) is 19.4 Å². The third kappa shape index (κ3) is 4.71. The second-order valence-electron chi connectivity index (χ2n) is 7.27. The first kappa shape index (κ1) is 19.8. The molecule has 1 N–H and O–H groups in total. The molecule has 152 valence electrons. The summed E-state index contributed by atoms with van der Waals surface area (Å²) < 4.78 is 11.0. The highest BCUT2D eigenvalue weighted by Crippen LogP contribution is 2.33. The summed E-state index contributed by atoms with van der Waals surface area (Å²) in [6.45, 7) is 0.602. The number of carbonyl (C=O) groups excluding carboxylic acids is 1. The predicted octanol–water partition coefficient (Wildman–Crippen LogP) is 5.56. The van der Waals surface area contributed by atoms with Gasteiger partial charge in [0.1, 0.15) is 5.75 Å². The first-order valence-corrected chi connectivity index (χ1v) is 10.2. The number of aryl methyl sites for hydroxylation is 1. The number of esters is 1. The molecule has 0 radical (unpaired) electrons.